The topological polar surface area (TPSA) is 123 Å². The molecule has 1 N–H and O–H groups in total. The van der Waals surface area contributed by atoms with Gasteiger partial charge in [-0.1, -0.05) is 0 Å². The van der Waals surface area contributed by atoms with Crippen molar-refractivity contribution in [3.63, 3.8) is 0 Å². The number of carbonyl (C=O) groups is 1. The van der Waals surface area contributed by atoms with Crippen LogP contribution in [-0.4, -0.2) is 86.3 Å². The van der Waals surface area contributed by atoms with Crippen LogP contribution in [0.5, 0.6) is 5.88 Å². The van der Waals surface area contributed by atoms with Crippen LogP contribution in [0.15, 0.2) is 36.9 Å². The normalized spacial score (nSPS) is 16.6. The fourth-order valence-corrected chi connectivity index (χ4v) is 4.73. The summed E-state index contributed by atoms with van der Waals surface area (Å²) in [6, 6.07) is 5.75. The number of fused-ring (bicyclic) bond motifs is 1. The van der Waals surface area contributed by atoms with Gasteiger partial charge in [-0.05, 0) is 32.0 Å². The van der Waals surface area contributed by atoms with E-state index in [0.29, 0.717) is 55.1 Å². The van der Waals surface area contributed by atoms with Gasteiger partial charge in [0, 0.05) is 19.1 Å². The smallest absolute Gasteiger partial charge is 0.242 e. The number of methoxy groups -OCH3 is 1. The molecule has 12 nitrogen and oxygen atoms in total. The number of nitrogens with zero attached hydrogens (tertiary/aromatic N) is 8. The Kier molecular flexibility index (Phi) is 6.53. The molecule has 0 atom stereocenters. The Balaban J connectivity index is 1.22. The number of nitrogens with one attached hydrogen (secondary N) is 1. The molecule has 39 heavy (non-hydrogen) atoms. The lowest BCUT2D eigenvalue weighted by Crippen LogP contribution is -2.58. The van der Waals surface area contributed by atoms with Gasteiger partial charge < -0.3 is 24.3 Å². The molecule has 2 fully saturated rings. The summed E-state index contributed by atoms with van der Waals surface area (Å²) < 4.78 is 27.5. The molecular weight excluding hydrogens is 505 g/mol. The summed E-state index contributed by atoms with van der Waals surface area (Å²) in [6.07, 6.45) is 4.42. The van der Waals surface area contributed by atoms with E-state index < -0.39 is 5.82 Å². The number of imidazole rings is 1. The molecule has 0 bridgehead atoms. The van der Waals surface area contributed by atoms with Crippen molar-refractivity contribution in [3.8, 4) is 17.3 Å². The van der Waals surface area contributed by atoms with Gasteiger partial charge in [-0.15, -0.1) is 0 Å². The van der Waals surface area contributed by atoms with Gasteiger partial charge in [0.05, 0.1) is 68.5 Å². The highest BCUT2D eigenvalue weighted by molar-refractivity contribution is 5.95. The van der Waals surface area contributed by atoms with E-state index in [4.69, 9.17) is 9.47 Å². The molecule has 6 heterocycles. The summed E-state index contributed by atoms with van der Waals surface area (Å²) in [5.74, 6) is 0.286. The Morgan fingerprint density at radius 2 is 1.97 bits per heavy atom. The van der Waals surface area contributed by atoms with Crippen molar-refractivity contribution in [2.75, 3.05) is 50.2 Å². The number of carbonyl (C=O) groups excluding carboxylic acids is 1. The molecule has 0 saturated carbocycles. The van der Waals surface area contributed by atoms with Crippen LogP contribution in [0.25, 0.3) is 22.4 Å². The maximum absolute atomic E-state index is 14.9. The molecule has 0 spiro atoms. The van der Waals surface area contributed by atoms with Crippen molar-refractivity contribution in [1.82, 2.24) is 34.4 Å². The van der Waals surface area contributed by atoms with Crippen LogP contribution in [0.2, 0.25) is 0 Å². The lowest BCUT2D eigenvalue weighted by Gasteiger charge is -2.41. The van der Waals surface area contributed by atoms with Gasteiger partial charge in [0.1, 0.15) is 11.5 Å². The van der Waals surface area contributed by atoms with Gasteiger partial charge in [-0.3, -0.25) is 9.69 Å². The van der Waals surface area contributed by atoms with Gasteiger partial charge in [-0.2, -0.15) is 0 Å². The zero-order valence-electron chi connectivity index (χ0n) is 21.8. The van der Waals surface area contributed by atoms with E-state index in [0.717, 1.165) is 18.3 Å². The molecule has 2 saturated heterocycles. The zero-order valence-corrected chi connectivity index (χ0v) is 21.8. The van der Waals surface area contributed by atoms with E-state index in [2.05, 4.69) is 35.1 Å². The van der Waals surface area contributed by atoms with Crippen molar-refractivity contribution in [1.29, 1.82) is 0 Å². The number of hydrogen-bond donors (Lipinski definition) is 1. The first-order chi connectivity index (χ1) is 18.9. The summed E-state index contributed by atoms with van der Waals surface area (Å²) in [4.78, 5) is 38.3. The number of anilines is 3. The van der Waals surface area contributed by atoms with E-state index in [-0.39, 0.29) is 29.5 Å². The van der Waals surface area contributed by atoms with Gasteiger partial charge in [0.15, 0.2) is 11.3 Å². The van der Waals surface area contributed by atoms with Crippen molar-refractivity contribution < 1.29 is 18.7 Å². The van der Waals surface area contributed by atoms with Crippen molar-refractivity contribution in [2.45, 2.75) is 25.9 Å². The molecule has 1 amide bonds. The lowest BCUT2D eigenvalue weighted by molar-refractivity contribution is -0.127. The summed E-state index contributed by atoms with van der Waals surface area (Å²) in [5, 5.41) is 3.01. The summed E-state index contributed by atoms with van der Waals surface area (Å²) in [6.45, 7) is 7.16. The van der Waals surface area contributed by atoms with Gasteiger partial charge in [0.25, 0.3) is 0 Å². The Labute approximate surface area is 223 Å². The molecule has 0 aliphatic carbocycles. The second-order valence-electron chi connectivity index (χ2n) is 9.75. The molecule has 2 aliphatic heterocycles. The minimum absolute atomic E-state index is 0.0150. The number of ether oxygens (including phenoxy) is 2. The van der Waals surface area contributed by atoms with E-state index in [1.165, 1.54) is 7.11 Å². The largest absolute Gasteiger partial charge is 0.479 e. The average molecular weight is 534 g/mol. The van der Waals surface area contributed by atoms with E-state index in [1.807, 2.05) is 24.5 Å². The molecule has 6 rings (SSSR count). The number of amides is 1. The number of rotatable bonds is 7. The van der Waals surface area contributed by atoms with E-state index >= 15 is 0 Å². The second-order valence-corrected chi connectivity index (χ2v) is 9.75. The Morgan fingerprint density at radius 3 is 2.64 bits per heavy atom. The first-order valence-corrected chi connectivity index (χ1v) is 12.7. The van der Waals surface area contributed by atoms with Crippen LogP contribution in [0, 0.1) is 5.82 Å². The van der Waals surface area contributed by atoms with Crippen LogP contribution in [0.4, 0.5) is 21.8 Å². The lowest BCUT2D eigenvalue weighted by atomic mass is 10.1. The molecule has 13 heteroatoms. The quantitative estimate of drug-likeness (QED) is 0.379. The predicted molar refractivity (Wildman–Crippen MR) is 142 cm³/mol. The Hall–Kier alpha value is -4.23. The molecule has 0 aromatic carbocycles. The van der Waals surface area contributed by atoms with Crippen LogP contribution < -0.4 is 15.0 Å². The third kappa shape index (κ3) is 4.74. The Bertz CT molecular complexity index is 1520. The first-order valence-electron chi connectivity index (χ1n) is 12.7. The predicted octanol–water partition coefficient (Wildman–Crippen LogP) is 2.80. The number of pyridine rings is 2. The average Bonchev–Trinajstić information content (AvgIpc) is 3.33. The number of halogens is 1. The number of piperazine rings is 1. The Morgan fingerprint density at radius 1 is 1.13 bits per heavy atom. The van der Waals surface area contributed by atoms with Gasteiger partial charge in [0.2, 0.25) is 17.7 Å². The van der Waals surface area contributed by atoms with Crippen LogP contribution in [-0.2, 0) is 9.53 Å². The molecule has 0 unspecified atom stereocenters. The summed E-state index contributed by atoms with van der Waals surface area (Å²) in [5.41, 5.74) is 2.36. The second kappa shape index (κ2) is 10.2. The number of aromatic nitrogens is 6. The highest BCUT2D eigenvalue weighted by atomic mass is 19.1. The third-order valence-corrected chi connectivity index (χ3v) is 6.95. The summed E-state index contributed by atoms with van der Waals surface area (Å²) >= 11 is 0. The molecule has 202 valence electrons. The van der Waals surface area contributed by atoms with Crippen LogP contribution >= 0.6 is 0 Å². The van der Waals surface area contributed by atoms with Crippen molar-refractivity contribution in [2.24, 2.45) is 0 Å². The minimum atomic E-state index is -0.625. The molecule has 4 aromatic rings. The van der Waals surface area contributed by atoms with E-state index in [1.54, 1.807) is 29.6 Å². The first kappa shape index (κ1) is 25.1. The van der Waals surface area contributed by atoms with Crippen LogP contribution in [0.3, 0.4) is 0 Å². The molecule has 0 radical (unpaired) electrons. The monoisotopic (exact) mass is 533 g/mol. The maximum Gasteiger partial charge on any atom is 0.242 e. The number of hydrogen-bond acceptors (Lipinski definition) is 10. The zero-order chi connectivity index (χ0) is 27.1. The summed E-state index contributed by atoms with van der Waals surface area (Å²) in [7, 11) is 1.50. The molecular formula is C26H28FN9O3. The van der Waals surface area contributed by atoms with Crippen molar-refractivity contribution >= 4 is 34.4 Å². The van der Waals surface area contributed by atoms with Gasteiger partial charge >= 0.3 is 0 Å². The minimum Gasteiger partial charge on any atom is -0.479 e. The van der Waals surface area contributed by atoms with Crippen molar-refractivity contribution in [3.05, 3.63) is 42.7 Å². The standard InChI is InChI=1S/C26H28FN9O3/c1-15(2)36-14-30-24-20(36)8-19(31-25(24)38-3)23-18(27)10-29-26(33-23)32-21-5-4-16(9-28-21)35-7-6-34(11-22(35)37)17-12-39-13-17/h4-5,8-10,14-15,17H,6-7,11-13H2,1-3H3,(H,28,29,32,33). The highest BCUT2D eigenvalue weighted by Crippen LogP contribution is 2.31. The fourth-order valence-electron chi connectivity index (χ4n) is 4.73. The van der Waals surface area contributed by atoms with Gasteiger partial charge in [-0.25, -0.2) is 29.3 Å². The SMILES string of the molecule is COc1nc(-c2nc(Nc3ccc(N4CCN(C5COC5)CC4=O)cn3)ncc2F)cc2c1ncn2C(C)C. The maximum atomic E-state index is 14.9. The third-order valence-electron chi connectivity index (χ3n) is 6.95. The molecule has 4 aromatic heterocycles. The molecule has 2 aliphatic rings. The van der Waals surface area contributed by atoms with E-state index in [9.17, 15) is 9.18 Å². The highest BCUT2D eigenvalue weighted by Gasteiger charge is 2.33. The van der Waals surface area contributed by atoms with Crippen LogP contribution in [0.1, 0.15) is 19.9 Å². The fraction of sp³-hybridized carbons (Fsp3) is 0.385.